The highest BCUT2D eigenvalue weighted by Gasteiger charge is 2.16. The average molecular weight is 392 g/mol. The second kappa shape index (κ2) is 12.5. The van der Waals surface area contributed by atoms with Crippen LogP contribution in [0.15, 0.2) is 29.3 Å². The molecule has 0 spiro atoms. The Morgan fingerprint density at radius 2 is 1.86 bits per heavy atom. The first-order chi connectivity index (χ1) is 13.7. The molecule has 2 N–H and O–H groups in total. The number of ether oxygens (including phenoxy) is 2. The Balaban J connectivity index is 1.69. The molecule has 0 saturated carbocycles. The van der Waals surface area contributed by atoms with Gasteiger partial charge < -0.3 is 25.0 Å². The smallest absolute Gasteiger partial charge is 0.191 e. The van der Waals surface area contributed by atoms with Crippen LogP contribution in [0, 0.1) is 0 Å². The van der Waals surface area contributed by atoms with Gasteiger partial charge in [-0.05, 0) is 44.5 Å². The second-order valence-electron chi connectivity index (χ2n) is 7.14. The van der Waals surface area contributed by atoms with Crippen molar-refractivity contribution in [1.82, 2.24) is 15.5 Å². The number of benzene rings is 1. The van der Waals surface area contributed by atoms with E-state index in [-0.39, 0.29) is 6.04 Å². The van der Waals surface area contributed by atoms with Crippen molar-refractivity contribution in [2.75, 3.05) is 71.5 Å². The fourth-order valence-electron chi connectivity index (χ4n) is 3.35. The summed E-state index contributed by atoms with van der Waals surface area (Å²) in [7, 11) is 3.42. The number of anilines is 1. The third-order valence-electron chi connectivity index (χ3n) is 4.86. The van der Waals surface area contributed by atoms with Crippen molar-refractivity contribution in [3.63, 3.8) is 0 Å². The van der Waals surface area contributed by atoms with E-state index < -0.39 is 0 Å². The molecule has 7 nitrogen and oxygen atoms in total. The normalized spacial score (nSPS) is 16.7. The molecule has 1 unspecified atom stereocenters. The summed E-state index contributed by atoms with van der Waals surface area (Å²) in [6.07, 6.45) is 1.07. The fourth-order valence-corrected chi connectivity index (χ4v) is 3.35. The molecule has 1 fully saturated rings. The lowest BCUT2D eigenvalue weighted by atomic mass is 10.2. The first-order valence-corrected chi connectivity index (χ1v) is 10.3. The standard InChI is InChI=1S/C21H37N5O2/c1-5-22-21(24-18(2)17-27-3)23-11-6-12-25-13-15-26(16-14-25)19-7-9-20(28-4)10-8-19/h7-10,18H,5-6,11-17H2,1-4H3,(H2,22,23,24). The highest BCUT2D eigenvalue weighted by atomic mass is 16.5. The number of piperazine rings is 1. The first-order valence-electron chi connectivity index (χ1n) is 10.3. The molecule has 0 aliphatic carbocycles. The van der Waals surface area contributed by atoms with E-state index in [1.54, 1.807) is 14.2 Å². The highest BCUT2D eigenvalue weighted by molar-refractivity contribution is 5.80. The van der Waals surface area contributed by atoms with Gasteiger partial charge in [0.25, 0.3) is 0 Å². The minimum atomic E-state index is 0.244. The molecule has 1 saturated heterocycles. The van der Waals surface area contributed by atoms with Crippen LogP contribution in [0.3, 0.4) is 0 Å². The molecule has 1 aromatic carbocycles. The van der Waals surface area contributed by atoms with Crippen LogP contribution >= 0.6 is 0 Å². The van der Waals surface area contributed by atoms with Crippen LogP contribution < -0.4 is 20.3 Å². The summed E-state index contributed by atoms with van der Waals surface area (Å²) in [5.74, 6) is 1.78. The van der Waals surface area contributed by atoms with Crippen LogP contribution in [0.5, 0.6) is 5.75 Å². The number of hydrogen-bond donors (Lipinski definition) is 2. The molecule has 28 heavy (non-hydrogen) atoms. The van der Waals surface area contributed by atoms with Gasteiger partial charge in [0.2, 0.25) is 0 Å². The van der Waals surface area contributed by atoms with Gasteiger partial charge in [0.05, 0.1) is 13.7 Å². The summed E-state index contributed by atoms with van der Waals surface area (Å²) in [6, 6.07) is 8.59. The lowest BCUT2D eigenvalue weighted by molar-refractivity contribution is 0.179. The minimum absolute atomic E-state index is 0.244. The van der Waals surface area contributed by atoms with Gasteiger partial charge in [-0.2, -0.15) is 0 Å². The molecule has 0 amide bonds. The van der Waals surface area contributed by atoms with Crippen LogP contribution in [-0.4, -0.2) is 83.5 Å². The Morgan fingerprint density at radius 3 is 2.46 bits per heavy atom. The number of nitrogens with one attached hydrogen (secondary N) is 2. The maximum absolute atomic E-state index is 5.24. The van der Waals surface area contributed by atoms with Gasteiger partial charge in [-0.25, -0.2) is 0 Å². The lowest BCUT2D eigenvalue weighted by Gasteiger charge is -2.36. The first kappa shape index (κ1) is 22.3. The van der Waals surface area contributed by atoms with E-state index in [1.807, 2.05) is 12.1 Å². The topological polar surface area (TPSA) is 61.4 Å². The largest absolute Gasteiger partial charge is 0.497 e. The monoisotopic (exact) mass is 391 g/mol. The predicted molar refractivity (Wildman–Crippen MR) is 117 cm³/mol. The van der Waals surface area contributed by atoms with E-state index >= 15 is 0 Å². The Bertz CT molecular complexity index is 571. The minimum Gasteiger partial charge on any atom is -0.497 e. The molecule has 2 rings (SSSR count). The summed E-state index contributed by atoms with van der Waals surface area (Å²) in [5, 5.41) is 6.67. The van der Waals surface area contributed by atoms with Crippen LogP contribution in [0.4, 0.5) is 5.69 Å². The van der Waals surface area contributed by atoms with Crippen molar-refractivity contribution >= 4 is 11.6 Å². The molecule has 1 atom stereocenters. The van der Waals surface area contributed by atoms with E-state index in [2.05, 4.69) is 51.4 Å². The summed E-state index contributed by atoms with van der Waals surface area (Å²) < 4.78 is 10.4. The van der Waals surface area contributed by atoms with Crippen molar-refractivity contribution in [1.29, 1.82) is 0 Å². The Kier molecular flexibility index (Phi) is 9.93. The molecule has 1 heterocycles. The summed E-state index contributed by atoms with van der Waals surface area (Å²) in [6.45, 7) is 11.9. The summed E-state index contributed by atoms with van der Waals surface area (Å²) >= 11 is 0. The number of guanidine groups is 1. The van der Waals surface area contributed by atoms with E-state index in [0.717, 1.165) is 63.9 Å². The molecule has 1 aliphatic rings. The van der Waals surface area contributed by atoms with Gasteiger partial charge in [0, 0.05) is 64.7 Å². The number of nitrogens with zero attached hydrogens (tertiary/aromatic N) is 3. The zero-order chi connectivity index (χ0) is 20.2. The van der Waals surface area contributed by atoms with Crippen molar-refractivity contribution in [3.8, 4) is 5.75 Å². The number of methoxy groups -OCH3 is 2. The number of rotatable bonds is 10. The van der Waals surface area contributed by atoms with E-state index in [1.165, 1.54) is 5.69 Å². The van der Waals surface area contributed by atoms with E-state index in [4.69, 9.17) is 9.47 Å². The molecular weight excluding hydrogens is 354 g/mol. The molecule has 7 heteroatoms. The van der Waals surface area contributed by atoms with Crippen LogP contribution in [0.2, 0.25) is 0 Å². The molecule has 0 bridgehead atoms. The zero-order valence-corrected chi connectivity index (χ0v) is 17.9. The Labute approximate surface area is 170 Å². The van der Waals surface area contributed by atoms with Crippen molar-refractivity contribution in [3.05, 3.63) is 24.3 Å². The highest BCUT2D eigenvalue weighted by Crippen LogP contribution is 2.20. The summed E-state index contributed by atoms with van der Waals surface area (Å²) in [4.78, 5) is 9.66. The van der Waals surface area contributed by atoms with Gasteiger partial charge >= 0.3 is 0 Å². The van der Waals surface area contributed by atoms with E-state index in [9.17, 15) is 0 Å². The SMILES string of the molecule is CCNC(=NCCCN1CCN(c2ccc(OC)cc2)CC1)NC(C)COC. The molecule has 158 valence electrons. The van der Waals surface area contributed by atoms with Crippen LogP contribution in [0.25, 0.3) is 0 Å². The molecule has 0 aromatic heterocycles. The maximum Gasteiger partial charge on any atom is 0.191 e. The van der Waals surface area contributed by atoms with Crippen molar-refractivity contribution in [2.24, 2.45) is 4.99 Å². The molecule has 1 aromatic rings. The quantitative estimate of drug-likeness (QED) is 0.360. The predicted octanol–water partition coefficient (Wildman–Crippen LogP) is 1.80. The number of hydrogen-bond acceptors (Lipinski definition) is 5. The van der Waals surface area contributed by atoms with Gasteiger partial charge in [-0.3, -0.25) is 9.89 Å². The van der Waals surface area contributed by atoms with Gasteiger partial charge in [0.1, 0.15) is 5.75 Å². The average Bonchev–Trinajstić information content (AvgIpc) is 2.72. The summed E-state index contributed by atoms with van der Waals surface area (Å²) in [5.41, 5.74) is 1.27. The van der Waals surface area contributed by atoms with Crippen LogP contribution in [-0.2, 0) is 4.74 Å². The van der Waals surface area contributed by atoms with E-state index in [0.29, 0.717) is 6.61 Å². The van der Waals surface area contributed by atoms with Gasteiger partial charge in [-0.1, -0.05) is 0 Å². The van der Waals surface area contributed by atoms with Crippen molar-refractivity contribution < 1.29 is 9.47 Å². The van der Waals surface area contributed by atoms with Crippen LogP contribution in [0.1, 0.15) is 20.3 Å². The third kappa shape index (κ3) is 7.56. The molecule has 0 radical (unpaired) electrons. The Morgan fingerprint density at radius 1 is 1.14 bits per heavy atom. The fraction of sp³-hybridized carbons (Fsp3) is 0.667. The molecule has 1 aliphatic heterocycles. The number of aliphatic imine (C=N–C) groups is 1. The second-order valence-corrected chi connectivity index (χ2v) is 7.14. The maximum atomic E-state index is 5.24. The third-order valence-corrected chi connectivity index (χ3v) is 4.86. The van der Waals surface area contributed by atoms with Gasteiger partial charge in [-0.15, -0.1) is 0 Å². The lowest BCUT2D eigenvalue weighted by Crippen LogP contribution is -2.46. The molecular formula is C21H37N5O2. The van der Waals surface area contributed by atoms with Gasteiger partial charge in [0.15, 0.2) is 5.96 Å². The Hall–Kier alpha value is -1.99. The zero-order valence-electron chi connectivity index (χ0n) is 17.9. The van der Waals surface area contributed by atoms with Crippen molar-refractivity contribution in [2.45, 2.75) is 26.3 Å².